The van der Waals surface area contributed by atoms with Crippen LogP contribution in [0.5, 0.6) is 0 Å². The predicted molar refractivity (Wildman–Crippen MR) is 122 cm³/mol. The van der Waals surface area contributed by atoms with Crippen LogP contribution in [0.1, 0.15) is 24.2 Å². The zero-order valence-corrected chi connectivity index (χ0v) is 18.9. The van der Waals surface area contributed by atoms with E-state index in [4.69, 9.17) is 4.74 Å². The molecule has 0 spiro atoms. The molecule has 0 aliphatic carbocycles. The van der Waals surface area contributed by atoms with Crippen LogP contribution in [0.3, 0.4) is 0 Å². The number of nitro groups is 1. The van der Waals surface area contributed by atoms with Crippen LogP contribution in [0.15, 0.2) is 65.9 Å². The smallest absolute Gasteiger partial charge is 0.355 e. The van der Waals surface area contributed by atoms with E-state index >= 15 is 0 Å². The molecule has 2 unspecified atom stereocenters. The van der Waals surface area contributed by atoms with Gasteiger partial charge in [0, 0.05) is 17.9 Å². The number of nitro benzene ring substituents is 1. The topological polar surface area (TPSA) is 139 Å². The highest BCUT2D eigenvalue weighted by Crippen LogP contribution is 2.40. The molecule has 0 bridgehead atoms. The minimum Gasteiger partial charge on any atom is -0.456 e. The molecule has 0 saturated carbocycles. The van der Waals surface area contributed by atoms with Crippen LogP contribution < -0.4 is 5.32 Å². The molecule has 2 amide bonds. The second kappa shape index (κ2) is 9.65. The van der Waals surface area contributed by atoms with E-state index in [0.717, 1.165) is 0 Å². The number of esters is 1. The molecule has 2 heterocycles. The molecule has 0 aromatic heterocycles. The van der Waals surface area contributed by atoms with E-state index in [2.05, 4.69) is 5.32 Å². The van der Waals surface area contributed by atoms with Crippen LogP contribution in [0, 0.1) is 10.1 Å². The van der Waals surface area contributed by atoms with Crippen molar-refractivity contribution in [3.8, 4) is 0 Å². The van der Waals surface area contributed by atoms with Crippen molar-refractivity contribution in [2.45, 2.75) is 31.1 Å². The van der Waals surface area contributed by atoms with Gasteiger partial charge < -0.3 is 15.2 Å². The number of carbonyl (C=O) groups excluding carboxylic acids is 3. The van der Waals surface area contributed by atoms with Gasteiger partial charge in [-0.3, -0.25) is 24.6 Å². The first kappa shape index (κ1) is 23.5. The summed E-state index contributed by atoms with van der Waals surface area (Å²) in [5.74, 6) is -1.39. The Morgan fingerprint density at radius 1 is 1.24 bits per heavy atom. The SMILES string of the molecule is CC1=C(C(=O)OCc2ccc([N+](=O)[O-])cc2)N2C(=O)C(NC(=O)C(O)c3ccccc3)[C@H]2SC1. The van der Waals surface area contributed by atoms with Crippen molar-refractivity contribution in [2.75, 3.05) is 5.75 Å². The van der Waals surface area contributed by atoms with Gasteiger partial charge in [0.25, 0.3) is 17.5 Å². The Kier molecular flexibility index (Phi) is 6.66. The molecule has 2 aliphatic heterocycles. The van der Waals surface area contributed by atoms with Crippen LogP contribution in [-0.2, 0) is 25.7 Å². The monoisotopic (exact) mass is 483 g/mol. The molecular weight excluding hydrogens is 462 g/mol. The van der Waals surface area contributed by atoms with Crippen LogP contribution >= 0.6 is 11.8 Å². The average molecular weight is 484 g/mol. The van der Waals surface area contributed by atoms with Crippen molar-refractivity contribution in [1.29, 1.82) is 0 Å². The molecule has 2 aliphatic rings. The third-order valence-electron chi connectivity index (χ3n) is 5.53. The fourth-order valence-corrected chi connectivity index (χ4v) is 5.01. The molecule has 0 radical (unpaired) electrons. The number of aliphatic hydroxyl groups excluding tert-OH is 1. The molecule has 4 rings (SSSR count). The lowest BCUT2D eigenvalue weighted by molar-refractivity contribution is -0.384. The lowest BCUT2D eigenvalue weighted by atomic mass is 10.0. The second-order valence-corrected chi connectivity index (χ2v) is 8.94. The van der Waals surface area contributed by atoms with E-state index in [1.807, 2.05) is 0 Å². The Morgan fingerprint density at radius 2 is 1.91 bits per heavy atom. The summed E-state index contributed by atoms with van der Waals surface area (Å²) in [6.07, 6.45) is -1.42. The largest absolute Gasteiger partial charge is 0.456 e. The molecule has 176 valence electrons. The number of nitrogens with one attached hydrogen (secondary N) is 1. The van der Waals surface area contributed by atoms with Crippen molar-refractivity contribution in [1.82, 2.24) is 10.2 Å². The molecule has 2 N–H and O–H groups in total. The van der Waals surface area contributed by atoms with E-state index in [-0.39, 0.29) is 18.0 Å². The minimum atomic E-state index is -1.42. The second-order valence-electron chi connectivity index (χ2n) is 7.84. The summed E-state index contributed by atoms with van der Waals surface area (Å²) in [4.78, 5) is 49.7. The molecular formula is C23H21N3O7S. The van der Waals surface area contributed by atoms with E-state index in [0.29, 0.717) is 22.5 Å². The molecule has 2 aromatic rings. The highest BCUT2D eigenvalue weighted by molar-refractivity contribution is 8.00. The number of rotatable bonds is 7. The first-order valence-electron chi connectivity index (χ1n) is 10.4. The number of hydrogen-bond donors (Lipinski definition) is 2. The summed E-state index contributed by atoms with van der Waals surface area (Å²) >= 11 is 1.40. The van der Waals surface area contributed by atoms with Crippen LogP contribution in [0.25, 0.3) is 0 Å². The normalized spacial score (nSPS) is 20.2. The number of β-lactam (4-membered cyclic amide) rings is 1. The molecule has 10 nitrogen and oxygen atoms in total. The molecule has 34 heavy (non-hydrogen) atoms. The number of nitrogens with zero attached hydrogens (tertiary/aromatic N) is 2. The summed E-state index contributed by atoms with van der Waals surface area (Å²) < 4.78 is 5.35. The van der Waals surface area contributed by atoms with E-state index in [9.17, 15) is 29.6 Å². The standard InChI is InChI=1S/C23H21N3O7S/c1-13-12-34-22-17(24-20(28)19(27)15-5-3-2-4-6-15)21(29)25(22)18(13)23(30)33-11-14-7-9-16(10-8-14)26(31)32/h2-10,17,19,22,27H,11-12H2,1H3,(H,24,28)/t17?,19?,22-/m1/s1. The highest BCUT2D eigenvalue weighted by Gasteiger charge is 2.54. The quantitative estimate of drug-likeness (QED) is 0.264. The Balaban J connectivity index is 1.39. The first-order valence-corrected chi connectivity index (χ1v) is 11.4. The maximum atomic E-state index is 12.8. The van der Waals surface area contributed by atoms with Gasteiger partial charge in [0.1, 0.15) is 23.7 Å². The third kappa shape index (κ3) is 4.52. The van der Waals surface area contributed by atoms with Gasteiger partial charge in [-0.25, -0.2) is 4.79 Å². The van der Waals surface area contributed by atoms with Gasteiger partial charge in [-0.05, 0) is 35.8 Å². The average Bonchev–Trinajstić information content (AvgIpc) is 2.85. The maximum Gasteiger partial charge on any atom is 0.355 e. The van der Waals surface area contributed by atoms with Gasteiger partial charge in [0.2, 0.25) is 0 Å². The predicted octanol–water partition coefficient (Wildman–Crippen LogP) is 2.05. The van der Waals surface area contributed by atoms with Crippen molar-refractivity contribution >= 4 is 35.2 Å². The fourth-order valence-electron chi connectivity index (χ4n) is 3.71. The molecule has 1 fully saturated rings. The van der Waals surface area contributed by atoms with Gasteiger partial charge in [-0.1, -0.05) is 30.3 Å². The number of hydrogen-bond acceptors (Lipinski definition) is 8. The zero-order valence-electron chi connectivity index (χ0n) is 18.0. The number of carbonyl (C=O) groups is 3. The molecule has 1 saturated heterocycles. The number of ether oxygens (including phenoxy) is 1. The summed E-state index contributed by atoms with van der Waals surface area (Å²) in [6.45, 7) is 1.61. The van der Waals surface area contributed by atoms with Crippen LogP contribution in [0.2, 0.25) is 0 Å². The third-order valence-corrected chi connectivity index (χ3v) is 6.95. The van der Waals surface area contributed by atoms with E-state index < -0.39 is 40.2 Å². The molecule has 11 heteroatoms. The van der Waals surface area contributed by atoms with Crippen LogP contribution in [0.4, 0.5) is 5.69 Å². The lowest BCUT2D eigenvalue weighted by Gasteiger charge is -2.49. The Morgan fingerprint density at radius 3 is 2.56 bits per heavy atom. The van der Waals surface area contributed by atoms with Crippen molar-refractivity contribution in [3.05, 3.63) is 87.1 Å². The van der Waals surface area contributed by atoms with Gasteiger partial charge in [0.05, 0.1) is 4.92 Å². The maximum absolute atomic E-state index is 12.8. The molecule has 3 atom stereocenters. The van der Waals surface area contributed by atoms with Gasteiger partial charge in [-0.15, -0.1) is 11.8 Å². The Labute approximate surface area is 198 Å². The lowest BCUT2D eigenvalue weighted by Crippen LogP contribution is -2.70. The number of aliphatic hydroxyl groups is 1. The zero-order chi connectivity index (χ0) is 24.4. The number of amides is 2. The van der Waals surface area contributed by atoms with E-state index in [1.165, 1.54) is 40.9 Å². The van der Waals surface area contributed by atoms with Crippen LogP contribution in [-0.4, -0.2) is 49.9 Å². The van der Waals surface area contributed by atoms with Crippen molar-refractivity contribution in [3.63, 3.8) is 0 Å². The number of benzene rings is 2. The summed E-state index contributed by atoms with van der Waals surface area (Å²) in [5.41, 5.74) is 1.69. The van der Waals surface area contributed by atoms with Gasteiger partial charge in [0.15, 0.2) is 6.10 Å². The summed E-state index contributed by atoms with van der Waals surface area (Å²) in [6, 6.07) is 13.1. The Hall–Kier alpha value is -3.70. The van der Waals surface area contributed by atoms with Gasteiger partial charge >= 0.3 is 5.97 Å². The van der Waals surface area contributed by atoms with Crippen molar-refractivity contribution < 1.29 is 29.2 Å². The fraction of sp³-hybridized carbons (Fsp3) is 0.261. The number of fused-ring (bicyclic) bond motifs is 1. The minimum absolute atomic E-state index is 0.0718. The van der Waals surface area contributed by atoms with E-state index in [1.54, 1.807) is 37.3 Å². The summed E-state index contributed by atoms with van der Waals surface area (Å²) in [7, 11) is 0. The Bertz CT molecular complexity index is 1170. The first-order chi connectivity index (χ1) is 16.3. The van der Waals surface area contributed by atoms with Crippen molar-refractivity contribution in [2.24, 2.45) is 0 Å². The molecule has 2 aromatic carbocycles. The number of non-ortho nitro benzene ring substituents is 1. The summed E-state index contributed by atoms with van der Waals surface area (Å²) in [5, 5.41) is 23.1. The number of thioether (sulfide) groups is 1. The highest BCUT2D eigenvalue weighted by atomic mass is 32.2. The van der Waals surface area contributed by atoms with Gasteiger partial charge in [-0.2, -0.15) is 0 Å².